The fraction of sp³-hybridized carbons (Fsp3) is 0.571. The summed E-state index contributed by atoms with van der Waals surface area (Å²) >= 11 is 1.25. The molecule has 0 spiro atoms. The number of amides is 2. The Morgan fingerprint density at radius 3 is 2.13 bits per heavy atom. The van der Waals surface area contributed by atoms with E-state index in [1.807, 2.05) is 30.3 Å². The van der Waals surface area contributed by atoms with Gasteiger partial charge in [-0.05, 0) is 5.56 Å². The molecule has 2 amide bonds. The fourth-order valence-corrected chi connectivity index (χ4v) is 4.57. The molecule has 1 aromatic carbocycles. The van der Waals surface area contributed by atoms with Gasteiger partial charge < -0.3 is 5.32 Å². The molecule has 0 aliphatic carbocycles. The van der Waals surface area contributed by atoms with Gasteiger partial charge in [0.1, 0.15) is 4.87 Å². The van der Waals surface area contributed by atoms with Crippen molar-refractivity contribution in [2.75, 3.05) is 12.8 Å². The monoisotopic (exact) mass is 468 g/mol. The zero-order valence-corrected chi connectivity index (χ0v) is 20.8. The van der Waals surface area contributed by atoms with Crippen LogP contribution in [0.1, 0.15) is 53.5 Å². The first-order chi connectivity index (χ1) is 14.1. The Morgan fingerprint density at radius 1 is 1.06 bits per heavy atom. The lowest BCUT2D eigenvalue weighted by molar-refractivity contribution is -0.143. The summed E-state index contributed by atoms with van der Waals surface area (Å²) in [6, 6.07) is 9.33. The van der Waals surface area contributed by atoms with Crippen molar-refractivity contribution in [1.82, 2.24) is 15.0 Å². The van der Waals surface area contributed by atoms with E-state index >= 15 is 0 Å². The van der Waals surface area contributed by atoms with Crippen molar-refractivity contribution in [3.63, 3.8) is 0 Å². The second kappa shape index (κ2) is 8.91. The number of benzene rings is 1. The highest BCUT2D eigenvalue weighted by molar-refractivity contribution is 8.14. The number of sulfonamides is 1. The number of thioether (sulfide) groups is 1. The number of nitrogens with zero attached hydrogens (tertiary/aromatic N) is 2. The number of carbonyl (C=O) groups excluding carboxylic acids is 2. The van der Waals surface area contributed by atoms with Gasteiger partial charge >= 0.3 is 0 Å². The van der Waals surface area contributed by atoms with Crippen LogP contribution in [-0.2, 0) is 24.5 Å². The van der Waals surface area contributed by atoms with Crippen LogP contribution in [0.15, 0.2) is 35.4 Å². The van der Waals surface area contributed by atoms with Gasteiger partial charge in [0, 0.05) is 23.8 Å². The van der Waals surface area contributed by atoms with E-state index < -0.39 is 25.7 Å². The van der Waals surface area contributed by atoms with Crippen LogP contribution in [0, 0.1) is 10.8 Å². The Labute approximate surface area is 189 Å². The summed E-state index contributed by atoms with van der Waals surface area (Å²) in [5, 5.41) is 9.04. The molecular weight excluding hydrogens is 436 g/mol. The normalized spacial score (nSPS) is 19.8. The van der Waals surface area contributed by atoms with Crippen LogP contribution in [0.3, 0.4) is 0 Å². The van der Waals surface area contributed by atoms with Crippen molar-refractivity contribution < 1.29 is 18.0 Å². The summed E-state index contributed by atoms with van der Waals surface area (Å²) in [6.45, 7) is 10.9. The Kier molecular flexibility index (Phi) is 7.29. The fourth-order valence-electron chi connectivity index (χ4n) is 2.84. The van der Waals surface area contributed by atoms with Crippen LogP contribution < -0.4 is 10.0 Å². The Balaban J connectivity index is 2.53. The van der Waals surface area contributed by atoms with Gasteiger partial charge in [-0.1, -0.05) is 83.6 Å². The molecule has 1 aromatic rings. The van der Waals surface area contributed by atoms with Gasteiger partial charge in [-0.3, -0.25) is 9.59 Å². The highest BCUT2D eigenvalue weighted by atomic mass is 32.2. The van der Waals surface area contributed by atoms with Crippen molar-refractivity contribution in [1.29, 1.82) is 0 Å². The van der Waals surface area contributed by atoms with Crippen molar-refractivity contribution in [2.45, 2.75) is 52.8 Å². The molecule has 0 fully saturated rings. The van der Waals surface area contributed by atoms with Crippen molar-refractivity contribution in [2.24, 2.45) is 15.9 Å². The molecule has 0 saturated heterocycles. The van der Waals surface area contributed by atoms with Crippen LogP contribution in [0.2, 0.25) is 0 Å². The molecule has 0 saturated carbocycles. The third kappa shape index (κ3) is 6.30. The number of amidine groups is 1. The van der Waals surface area contributed by atoms with E-state index in [1.165, 1.54) is 16.8 Å². The molecule has 1 aliphatic heterocycles. The molecule has 0 bridgehead atoms. The number of rotatable bonds is 5. The summed E-state index contributed by atoms with van der Waals surface area (Å²) < 4.78 is 25.8. The molecule has 10 heteroatoms. The molecular formula is C21H32N4O4S2. The average Bonchev–Trinajstić information content (AvgIpc) is 2.98. The molecule has 8 nitrogen and oxygen atoms in total. The minimum atomic E-state index is -3.41. The summed E-state index contributed by atoms with van der Waals surface area (Å²) in [7, 11) is -3.41. The first-order valence-electron chi connectivity index (χ1n) is 10.0. The van der Waals surface area contributed by atoms with Gasteiger partial charge in [-0.25, -0.2) is 18.1 Å². The average molecular weight is 469 g/mol. The number of nitrogens with one attached hydrogen (secondary N) is 2. The summed E-state index contributed by atoms with van der Waals surface area (Å²) in [5.41, 5.74) is -0.591. The van der Waals surface area contributed by atoms with E-state index in [4.69, 9.17) is 0 Å². The largest absolute Gasteiger partial charge is 0.303 e. The van der Waals surface area contributed by atoms with Gasteiger partial charge in [0.15, 0.2) is 5.17 Å². The molecule has 2 N–H and O–H groups in total. The highest BCUT2D eigenvalue weighted by Gasteiger charge is 2.51. The van der Waals surface area contributed by atoms with E-state index in [1.54, 1.807) is 41.5 Å². The molecule has 1 heterocycles. The zero-order chi connectivity index (χ0) is 23.7. The Hall–Kier alpha value is -1.91. The lowest BCUT2D eigenvalue weighted by Crippen LogP contribution is -2.47. The zero-order valence-electron chi connectivity index (χ0n) is 19.1. The van der Waals surface area contributed by atoms with E-state index in [0.29, 0.717) is 5.17 Å². The molecule has 0 aromatic heterocycles. The molecule has 1 aliphatic rings. The molecule has 2 rings (SSSR count). The minimum Gasteiger partial charge on any atom is -0.303 e. The molecule has 172 valence electrons. The first-order valence-corrected chi connectivity index (χ1v) is 12.7. The van der Waals surface area contributed by atoms with Gasteiger partial charge in [0.05, 0.1) is 6.26 Å². The second-order valence-corrected chi connectivity index (χ2v) is 12.7. The third-order valence-corrected chi connectivity index (χ3v) is 6.64. The second-order valence-electron chi connectivity index (χ2n) is 9.65. The van der Waals surface area contributed by atoms with Gasteiger partial charge in [-0.2, -0.15) is 0 Å². The van der Waals surface area contributed by atoms with E-state index in [2.05, 4.69) is 15.1 Å². The van der Waals surface area contributed by atoms with Gasteiger partial charge in [0.2, 0.25) is 21.8 Å². The molecule has 31 heavy (non-hydrogen) atoms. The predicted molar refractivity (Wildman–Crippen MR) is 125 cm³/mol. The highest BCUT2D eigenvalue weighted by Crippen LogP contribution is 2.49. The standard InChI is InChI=1S/C21H32N4O4S2/c1-19(2,3)16(26)23-18-24-25(17(27)20(4,5)6)21(30-18,13-14-22-31(7,28)29)15-11-9-8-10-12-15/h8-12,22H,13-14H2,1-7H3,(H,23,24,26)/t21-/m0/s1. The lowest BCUT2D eigenvalue weighted by atomic mass is 9.93. The number of hydrazone groups is 1. The van der Waals surface area contributed by atoms with Gasteiger partial charge in [0.25, 0.3) is 0 Å². The van der Waals surface area contributed by atoms with Crippen LogP contribution in [0.25, 0.3) is 0 Å². The van der Waals surface area contributed by atoms with Gasteiger partial charge in [-0.15, -0.1) is 5.10 Å². The SMILES string of the molecule is CC(C)(C)C(=O)NC1=NN(C(=O)C(C)(C)C)[C@](CCNS(C)(=O)=O)(c2ccccc2)S1. The smallest absolute Gasteiger partial charge is 0.249 e. The maximum absolute atomic E-state index is 13.4. The lowest BCUT2D eigenvalue weighted by Gasteiger charge is -2.38. The number of hydrogen-bond donors (Lipinski definition) is 2. The third-order valence-electron chi connectivity index (χ3n) is 4.59. The Bertz CT molecular complexity index is 963. The topological polar surface area (TPSA) is 108 Å². The minimum absolute atomic E-state index is 0.102. The van der Waals surface area contributed by atoms with Crippen LogP contribution in [0.5, 0.6) is 0 Å². The maximum atomic E-state index is 13.4. The summed E-state index contributed by atoms with van der Waals surface area (Å²) in [6.07, 6.45) is 1.35. The first kappa shape index (κ1) is 25.4. The molecule has 0 unspecified atom stereocenters. The summed E-state index contributed by atoms with van der Waals surface area (Å²) in [5.74, 6) is -0.455. The summed E-state index contributed by atoms with van der Waals surface area (Å²) in [4.78, 5) is 25.0. The van der Waals surface area contributed by atoms with E-state index in [9.17, 15) is 18.0 Å². The van der Waals surface area contributed by atoms with Crippen molar-refractivity contribution in [3.8, 4) is 0 Å². The Morgan fingerprint density at radius 2 is 1.65 bits per heavy atom. The molecule has 0 radical (unpaired) electrons. The van der Waals surface area contributed by atoms with E-state index in [0.717, 1.165) is 11.8 Å². The number of carbonyl (C=O) groups is 2. The van der Waals surface area contributed by atoms with E-state index in [-0.39, 0.29) is 24.8 Å². The van der Waals surface area contributed by atoms with Crippen LogP contribution >= 0.6 is 11.8 Å². The van der Waals surface area contributed by atoms with Crippen LogP contribution in [0.4, 0.5) is 0 Å². The quantitative estimate of drug-likeness (QED) is 0.691. The van der Waals surface area contributed by atoms with Crippen molar-refractivity contribution in [3.05, 3.63) is 35.9 Å². The predicted octanol–water partition coefficient (Wildman–Crippen LogP) is 2.83. The molecule has 1 atom stereocenters. The van der Waals surface area contributed by atoms with Crippen LogP contribution in [-0.4, -0.2) is 43.2 Å². The maximum Gasteiger partial charge on any atom is 0.249 e. The van der Waals surface area contributed by atoms with Crippen molar-refractivity contribution >= 4 is 38.8 Å². The number of hydrogen-bond acceptors (Lipinski definition) is 6.